The summed E-state index contributed by atoms with van der Waals surface area (Å²) in [7, 11) is 0. The Morgan fingerprint density at radius 3 is 2.44 bits per heavy atom. The lowest BCUT2D eigenvalue weighted by atomic mass is 9.94. The molecule has 0 atom stereocenters. The first-order valence-electron chi connectivity index (χ1n) is 11.3. The second-order valence-corrected chi connectivity index (χ2v) is 8.55. The molecule has 0 aliphatic carbocycles. The molecule has 2 aliphatic heterocycles. The summed E-state index contributed by atoms with van der Waals surface area (Å²) in [6.07, 6.45) is 2.26. The van der Waals surface area contributed by atoms with Crippen molar-refractivity contribution in [2.75, 3.05) is 44.2 Å². The zero-order valence-electron chi connectivity index (χ0n) is 18.2. The summed E-state index contributed by atoms with van der Waals surface area (Å²) in [4.78, 5) is 30.3. The van der Waals surface area contributed by atoms with Gasteiger partial charge in [-0.1, -0.05) is 30.3 Å². The van der Waals surface area contributed by atoms with E-state index in [1.54, 1.807) is 18.2 Å². The Balaban J connectivity index is 1.31. The van der Waals surface area contributed by atoms with E-state index in [1.807, 2.05) is 28.0 Å². The number of benzene rings is 2. The van der Waals surface area contributed by atoms with Crippen molar-refractivity contribution in [3.63, 3.8) is 0 Å². The maximum atomic E-state index is 14.0. The topological polar surface area (TPSA) is 69.9 Å². The minimum atomic E-state index is -0.350. The van der Waals surface area contributed by atoms with Gasteiger partial charge in [-0.05, 0) is 31.4 Å². The normalized spacial score (nSPS) is 18.4. The van der Waals surface area contributed by atoms with Crippen molar-refractivity contribution >= 4 is 17.3 Å². The van der Waals surface area contributed by atoms with Gasteiger partial charge in [-0.25, -0.2) is 4.39 Å². The molecule has 0 saturated carbocycles. The maximum Gasteiger partial charge on any atom is 0.292 e. The molecule has 0 radical (unpaired) electrons. The largest absolute Gasteiger partial charge is 0.366 e. The first-order valence-corrected chi connectivity index (χ1v) is 11.3. The molecule has 1 amide bonds. The molecular weight excluding hydrogens is 411 g/mol. The van der Waals surface area contributed by atoms with Gasteiger partial charge in [-0.2, -0.15) is 0 Å². The Bertz CT molecular complexity index is 962. The number of anilines is 1. The van der Waals surface area contributed by atoms with Crippen LogP contribution in [0, 0.1) is 21.8 Å². The first kappa shape index (κ1) is 22.2. The molecule has 2 fully saturated rings. The second kappa shape index (κ2) is 10.1. The first-order chi connectivity index (χ1) is 15.5. The van der Waals surface area contributed by atoms with Gasteiger partial charge in [0.05, 0.1) is 4.92 Å². The summed E-state index contributed by atoms with van der Waals surface area (Å²) < 4.78 is 14.0. The smallest absolute Gasteiger partial charge is 0.292 e. The van der Waals surface area contributed by atoms with Crippen LogP contribution >= 0.6 is 0 Å². The molecule has 170 valence electrons. The Morgan fingerprint density at radius 1 is 0.969 bits per heavy atom. The molecule has 32 heavy (non-hydrogen) atoms. The van der Waals surface area contributed by atoms with Crippen LogP contribution in [0.5, 0.6) is 0 Å². The molecular formula is C24H29FN4O3. The number of nitro benzene ring substituents is 1. The van der Waals surface area contributed by atoms with Crippen LogP contribution in [-0.2, 0) is 11.3 Å². The highest BCUT2D eigenvalue weighted by molar-refractivity contribution is 5.79. The highest BCUT2D eigenvalue weighted by atomic mass is 19.1. The third-order valence-corrected chi connectivity index (χ3v) is 6.52. The SMILES string of the molecule is O=C(C1CCN(c2ccccc2[N+](=O)[O-])CC1)N1CCCN(Cc2ccccc2F)CC1. The van der Waals surface area contributed by atoms with Gasteiger partial charge in [0.1, 0.15) is 11.5 Å². The van der Waals surface area contributed by atoms with Crippen LogP contribution in [0.4, 0.5) is 15.8 Å². The fraction of sp³-hybridized carbons (Fsp3) is 0.458. The van der Waals surface area contributed by atoms with Gasteiger partial charge in [-0.3, -0.25) is 19.8 Å². The standard InChI is InChI=1S/C24H29FN4O3/c25-21-7-2-1-6-20(21)18-26-12-5-13-28(17-16-26)24(30)19-10-14-27(15-11-19)22-8-3-4-9-23(22)29(31)32/h1-4,6-9,19H,5,10-18H2. The minimum Gasteiger partial charge on any atom is -0.366 e. The second-order valence-electron chi connectivity index (χ2n) is 8.55. The van der Waals surface area contributed by atoms with E-state index < -0.39 is 0 Å². The van der Waals surface area contributed by atoms with Gasteiger partial charge in [0.2, 0.25) is 5.91 Å². The lowest BCUT2D eigenvalue weighted by Gasteiger charge is -2.35. The summed E-state index contributed by atoms with van der Waals surface area (Å²) in [6.45, 7) is 4.77. The molecule has 2 heterocycles. The summed E-state index contributed by atoms with van der Waals surface area (Å²) >= 11 is 0. The molecule has 2 aromatic rings. The summed E-state index contributed by atoms with van der Waals surface area (Å²) in [6, 6.07) is 13.6. The third kappa shape index (κ3) is 5.07. The van der Waals surface area contributed by atoms with Crippen LogP contribution in [0.15, 0.2) is 48.5 Å². The number of amides is 1. The van der Waals surface area contributed by atoms with Crippen LogP contribution in [-0.4, -0.2) is 59.9 Å². The van der Waals surface area contributed by atoms with E-state index in [0.717, 1.165) is 26.1 Å². The number of nitro groups is 1. The fourth-order valence-electron chi connectivity index (χ4n) is 4.73. The van der Waals surface area contributed by atoms with Gasteiger partial charge in [-0.15, -0.1) is 0 Å². The van der Waals surface area contributed by atoms with Gasteiger partial charge >= 0.3 is 0 Å². The highest BCUT2D eigenvalue weighted by Gasteiger charge is 2.31. The van der Waals surface area contributed by atoms with Gasteiger partial charge in [0.25, 0.3) is 5.69 Å². The van der Waals surface area contributed by atoms with Crippen molar-refractivity contribution in [3.8, 4) is 0 Å². The molecule has 2 aromatic carbocycles. The van der Waals surface area contributed by atoms with Crippen molar-refractivity contribution in [2.24, 2.45) is 5.92 Å². The van der Waals surface area contributed by atoms with Crippen LogP contribution in [0.25, 0.3) is 0 Å². The number of hydrogen-bond donors (Lipinski definition) is 0. The Labute approximate surface area is 187 Å². The number of carbonyl (C=O) groups excluding carboxylic acids is 1. The molecule has 8 heteroatoms. The Morgan fingerprint density at radius 2 is 1.69 bits per heavy atom. The molecule has 0 aromatic heterocycles. The minimum absolute atomic E-state index is 0.0489. The molecule has 4 rings (SSSR count). The zero-order valence-corrected chi connectivity index (χ0v) is 18.2. The summed E-state index contributed by atoms with van der Waals surface area (Å²) in [5.74, 6) is -0.0535. The molecule has 2 aliphatic rings. The molecule has 2 saturated heterocycles. The number of piperidine rings is 1. The van der Waals surface area contributed by atoms with E-state index in [2.05, 4.69) is 4.90 Å². The lowest BCUT2D eigenvalue weighted by Crippen LogP contribution is -2.44. The fourth-order valence-corrected chi connectivity index (χ4v) is 4.73. The monoisotopic (exact) mass is 440 g/mol. The van der Waals surface area contributed by atoms with Crippen LogP contribution in [0.3, 0.4) is 0 Å². The van der Waals surface area contributed by atoms with Crippen molar-refractivity contribution in [3.05, 3.63) is 70.0 Å². The number of rotatable bonds is 5. The Kier molecular flexibility index (Phi) is 6.99. The van der Waals surface area contributed by atoms with Crippen LogP contribution in [0.2, 0.25) is 0 Å². The average Bonchev–Trinajstić information content (AvgIpc) is 3.06. The molecule has 0 unspecified atom stereocenters. The van der Waals surface area contributed by atoms with Crippen molar-refractivity contribution in [2.45, 2.75) is 25.8 Å². The lowest BCUT2D eigenvalue weighted by molar-refractivity contribution is -0.384. The van der Waals surface area contributed by atoms with E-state index in [9.17, 15) is 19.3 Å². The van der Waals surface area contributed by atoms with E-state index in [1.165, 1.54) is 12.1 Å². The van der Waals surface area contributed by atoms with Crippen molar-refractivity contribution in [1.29, 1.82) is 0 Å². The number of nitrogens with zero attached hydrogens (tertiary/aromatic N) is 4. The summed E-state index contributed by atoms with van der Waals surface area (Å²) in [5, 5.41) is 11.3. The zero-order chi connectivity index (χ0) is 22.5. The summed E-state index contributed by atoms with van der Waals surface area (Å²) in [5.41, 5.74) is 1.43. The van der Waals surface area contributed by atoms with E-state index in [0.29, 0.717) is 50.3 Å². The number of halogens is 1. The quantitative estimate of drug-likeness (QED) is 0.524. The maximum absolute atomic E-state index is 14.0. The third-order valence-electron chi connectivity index (χ3n) is 6.52. The molecule has 0 N–H and O–H groups in total. The predicted molar refractivity (Wildman–Crippen MR) is 121 cm³/mol. The van der Waals surface area contributed by atoms with Gasteiger partial charge in [0, 0.05) is 63.4 Å². The van der Waals surface area contributed by atoms with E-state index in [-0.39, 0.29) is 28.3 Å². The number of hydrogen-bond acceptors (Lipinski definition) is 5. The number of para-hydroxylation sites is 2. The van der Waals surface area contributed by atoms with E-state index >= 15 is 0 Å². The predicted octanol–water partition coefficient (Wildman–Crippen LogP) is 3.68. The molecule has 0 bridgehead atoms. The van der Waals surface area contributed by atoms with Crippen molar-refractivity contribution in [1.82, 2.24) is 9.80 Å². The molecule has 0 spiro atoms. The van der Waals surface area contributed by atoms with E-state index in [4.69, 9.17) is 0 Å². The highest BCUT2D eigenvalue weighted by Crippen LogP contribution is 2.31. The number of carbonyl (C=O) groups is 1. The average molecular weight is 441 g/mol. The van der Waals surface area contributed by atoms with Crippen LogP contribution < -0.4 is 4.90 Å². The molecule has 7 nitrogen and oxygen atoms in total. The Hall–Kier alpha value is -3.00. The van der Waals surface area contributed by atoms with Gasteiger partial charge in [0.15, 0.2) is 0 Å². The van der Waals surface area contributed by atoms with Gasteiger partial charge < -0.3 is 9.80 Å². The van der Waals surface area contributed by atoms with Crippen LogP contribution in [0.1, 0.15) is 24.8 Å². The van der Waals surface area contributed by atoms with Crippen molar-refractivity contribution < 1.29 is 14.1 Å².